The zero-order valence-electron chi connectivity index (χ0n) is 46.3. The van der Waals surface area contributed by atoms with Gasteiger partial charge in [-0.1, -0.05) is 6.92 Å². The molecular formula is C49H82O37. The Bertz CT molecular complexity index is 2100. The largest absolute Gasteiger partial charge is 0.394 e. The maximum absolute atomic E-state index is 11.5. The van der Waals surface area contributed by atoms with Crippen molar-refractivity contribution in [2.24, 2.45) is 5.92 Å². The van der Waals surface area contributed by atoms with Crippen molar-refractivity contribution in [2.45, 2.75) is 260 Å². The van der Waals surface area contributed by atoms with E-state index in [0.717, 1.165) is 0 Å². The molecule has 37 heteroatoms. The summed E-state index contributed by atoms with van der Waals surface area (Å²) in [4.78, 5) is 0. The summed E-state index contributed by atoms with van der Waals surface area (Å²) in [5.74, 6) is -1.17. The normalized spacial score (nSPS) is 56.4. The van der Waals surface area contributed by atoms with E-state index in [0.29, 0.717) is 0 Å². The topological polar surface area (TPSA) is 573 Å². The van der Waals surface area contributed by atoms with Gasteiger partial charge in [-0.3, -0.25) is 0 Å². The molecular weight excluding hydrogens is 1180 g/mol. The van der Waals surface area contributed by atoms with Crippen LogP contribution in [0.3, 0.4) is 0 Å². The van der Waals surface area contributed by atoms with Crippen molar-refractivity contribution in [1.82, 2.24) is 0 Å². The fraction of sp³-hybridized carbons (Fsp3) is 1.00. The third-order valence-electron chi connectivity index (χ3n) is 17.2. The van der Waals surface area contributed by atoms with Crippen LogP contribution in [0, 0.1) is 5.92 Å². The summed E-state index contributed by atoms with van der Waals surface area (Å²) in [5, 5.41) is 233. The summed E-state index contributed by atoms with van der Waals surface area (Å²) in [7, 11) is 0. The van der Waals surface area contributed by atoms with Crippen LogP contribution in [0.5, 0.6) is 0 Å². The van der Waals surface area contributed by atoms with Crippen LogP contribution in [-0.4, -0.2) is 386 Å². The molecule has 40 atom stereocenters. The third-order valence-corrected chi connectivity index (χ3v) is 17.2. The number of rotatable bonds is 6. The molecule has 37 nitrogen and oxygen atoms in total. The Labute approximate surface area is 488 Å². The zero-order chi connectivity index (χ0) is 62.7. The summed E-state index contributed by atoms with van der Waals surface area (Å²) < 4.78 is 92.8. The molecule has 30 aliphatic rings. The minimum atomic E-state index is -2.20. The van der Waals surface area contributed by atoms with Crippen molar-refractivity contribution < 1.29 is 183 Å². The lowest BCUT2D eigenvalue weighted by Gasteiger charge is -2.50. The highest BCUT2D eigenvalue weighted by atomic mass is 16.8. The lowest BCUT2D eigenvalue weighted by Crippen LogP contribution is -2.68. The third kappa shape index (κ3) is 13.4. The molecule has 30 aliphatic heterocycles. The molecule has 16 bridgehead atoms. The SMILES string of the molecule is CC1O[C@@H]2O[C@@H]3C(CO)O[C@H](O[C@@H]4C(CO)O[C@H](O[C@@H]5C(CO)O[C@H](O[C@@H]6C(CO)O[C@H](O[C@@H]7C(CO)O[C@H](O[C@@H]8C(CO)O[C@H](O[C@@H]9C(C)O[C@H](O[C@H]1C(O)C2O)C(O)C9O)C(O)C8O)C(O)C7O)C(O)C6O)C(O)C5O)C(O)C4C)C(O)C3O. The number of aliphatic hydroxyl groups excluding tert-OH is 21. The minimum Gasteiger partial charge on any atom is -0.394 e. The molecule has 500 valence electrons. The lowest BCUT2D eigenvalue weighted by molar-refractivity contribution is -0.401. The maximum atomic E-state index is 11.5. The van der Waals surface area contributed by atoms with Gasteiger partial charge in [0.05, 0.1) is 58.0 Å². The lowest BCUT2D eigenvalue weighted by atomic mass is 9.90. The van der Waals surface area contributed by atoms with Gasteiger partial charge in [-0.05, 0) is 13.8 Å². The Hall–Kier alpha value is -1.48. The van der Waals surface area contributed by atoms with Crippen LogP contribution in [0.4, 0.5) is 0 Å². The average Bonchev–Trinajstić information content (AvgIpc) is 1.58. The van der Waals surface area contributed by atoms with E-state index in [4.69, 9.17) is 75.8 Å². The molecule has 30 heterocycles. The first-order valence-corrected chi connectivity index (χ1v) is 28.2. The van der Waals surface area contributed by atoms with E-state index in [9.17, 15) is 107 Å². The maximum Gasteiger partial charge on any atom is 0.187 e. The molecule has 0 amide bonds. The molecule has 0 spiro atoms. The predicted octanol–water partition coefficient (Wildman–Crippen LogP) is -14.1. The highest BCUT2D eigenvalue weighted by molar-refractivity contribution is 5.02. The van der Waals surface area contributed by atoms with Gasteiger partial charge in [0, 0.05) is 5.92 Å². The second kappa shape index (κ2) is 28.8. The molecule has 0 saturated carbocycles. The number of hydrogen-bond acceptors (Lipinski definition) is 37. The molecule has 0 aliphatic carbocycles. The van der Waals surface area contributed by atoms with Crippen LogP contribution >= 0.6 is 0 Å². The summed E-state index contributed by atoms with van der Waals surface area (Å²) in [5.41, 5.74) is 0. The Morgan fingerprint density at radius 1 is 0.186 bits per heavy atom. The molecule has 30 saturated heterocycles. The van der Waals surface area contributed by atoms with Crippen LogP contribution in [0.15, 0.2) is 0 Å². The van der Waals surface area contributed by atoms with E-state index in [1.54, 1.807) is 0 Å². The van der Waals surface area contributed by atoms with Crippen molar-refractivity contribution in [3.8, 4) is 0 Å². The van der Waals surface area contributed by atoms with Gasteiger partial charge >= 0.3 is 0 Å². The first-order valence-electron chi connectivity index (χ1n) is 28.2. The second-order valence-corrected chi connectivity index (χ2v) is 22.8. The molecule has 0 aromatic carbocycles. The van der Waals surface area contributed by atoms with Crippen LogP contribution in [0.1, 0.15) is 20.8 Å². The van der Waals surface area contributed by atoms with Gasteiger partial charge < -0.3 is 183 Å². The first-order chi connectivity index (χ1) is 40.8. The van der Waals surface area contributed by atoms with E-state index in [1.165, 1.54) is 20.8 Å². The quantitative estimate of drug-likeness (QED) is 0.117. The second-order valence-electron chi connectivity index (χ2n) is 22.8. The summed E-state index contributed by atoms with van der Waals surface area (Å²) in [6.07, 6.45) is -72.8. The summed E-state index contributed by atoms with van der Waals surface area (Å²) in [6.45, 7) is -1.88. The molecule has 86 heavy (non-hydrogen) atoms. The standard InChI is InChI=1S/C49H82O37/c1-10-19(56)42-73-13(4-50)34(10)79-45-29(66)22(59)38(15(6-52)74-45)83-44-28(65)21(58)35(11(2)72-44)80-43-27(64)20(57)36(12(3)71-43)81-46-30(67)23(60)39(16(7-53)75-46)84-48-32(69)25(62)41(18(9-55)77-48)86-49-33(70)26(63)40(17(8-54)78-49)85-47-31(68)24(61)37(82-42)14(5-51)76-47/h10-70H,4-9H2,1-3H3/t10?,11?,12?,13?,14?,15?,16?,17?,18?,19?,20?,21?,22?,23?,24?,25?,26?,27?,28?,29?,30?,31?,32?,33?,34-,35+,36+,37+,38+,39+,40+,41+,42+,43+,44+,45+,46+,47+,48+,49+/m0/s1. The van der Waals surface area contributed by atoms with Gasteiger partial charge in [-0.25, -0.2) is 0 Å². The van der Waals surface area contributed by atoms with Crippen molar-refractivity contribution in [3.05, 3.63) is 0 Å². The van der Waals surface area contributed by atoms with Gasteiger partial charge in [-0.2, -0.15) is 0 Å². The molecule has 30 fully saturated rings. The van der Waals surface area contributed by atoms with Gasteiger partial charge in [0.25, 0.3) is 0 Å². The van der Waals surface area contributed by atoms with Gasteiger partial charge in [0.1, 0.15) is 171 Å². The predicted molar refractivity (Wildman–Crippen MR) is 261 cm³/mol. The van der Waals surface area contributed by atoms with E-state index in [1.807, 2.05) is 0 Å². The zero-order valence-corrected chi connectivity index (χ0v) is 46.3. The summed E-state index contributed by atoms with van der Waals surface area (Å²) >= 11 is 0. The van der Waals surface area contributed by atoms with E-state index < -0.39 is 285 Å². The molecule has 0 radical (unpaired) electrons. The smallest absolute Gasteiger partial charge is 0.187 e. The molecule has 0 aromatic rings. The fourth-order valence-electron chi connectivity index (χ4n) is 12.1. The Morgan fingerprint density at radius 2 is 0.349 bits per heavy atom. The van der Waals surface area contributed by atoms with E-state index in [-0.39, 0.29) is 0 Å². The molecule has 0 aromatic heterocycles. The average molecular weight is 1260 g/mol. The van der Waals surface area contributed by atoms with Crippen molar-refractivity contribution in [2.75, 3.05) is 39.6 Å². The van der Waals surface area contributed by atoms with Crippen molar-refractivity contribution in [3.63, 3.8) is 0 Å². The fourth-order valence-corrected chi connectivity index (χ4v) is 12.1. The van der Waals surface area contributed by atoms with Gasteiger partial charge in [-0.15, -0.1) is 0 Å². The summed E-state index contributed by atoms with van der Waals surface area (Å²) in [6, 6.07) is 0. The highest BCUT2D eigenvalue weighted by Gasteiger charge is 2.60. The Kier molecular flexibility index (Phi) is 23.1. The first kappa shape index (κ1) is 68.9. The monoisotopic (exact) mass is 1260 g/mol. The van der Waals surface area contributed by atoms with Crippen LogP contribution < -0.4 is 0 Å². The van der Waals surface area contributed by atoms with Crippen molar-refractivity contribution in [1.29, 1.82) is 0 Å². The number of ether oxygens (including phenoxy) is 16. The van der Waals surface area contributed by atoms with Gasteiger partial charge in [0.15, 0.2) is 50.3 Å². The van der Waals surface area contributed by atoms with Gasteiger partial charge in [0.2, 0.25) is 0 Å². The number of aliphatic hydroxyl groups is 21. The van der Waals surface area contributed by atoms with Crippen LogP contribution in [-0.2, 0) is 75.8 Å². The van der Waals surface area contributed by atoms with Crippen molar-refractivity contribution >= 4 is 0 Å². The van der Waals surface area contributed by atoms with Crippen LogP contribution in [0.25, 0.3) is 0 Å². The Morgan fingerprint density at radius 3 is 0.570 bits per heavy atom. The van der Waals surface area contributed by atoms with E-state index >= 15 is 0 Å². The van der Waals surface area contributed by atoms with E-state index in [2.05, 4.69) is 0 Å². The Balaban J connectivity index is 0.963. The molecule has 21 N–H and O–H groups in total. The van der Waals surface area contributed by atoms with Crippen LogP contribution in [0.2, 0.25) is 0 Å². The highest BCUT2D eigenvalue weighted by Crippen LogP contribution is 2.40. The molecule has 30 rings (SSSR count). The molecule has 24 unspecified atom stereocenters. The number of hydrogen-bond donors (Lipinski definition) is 21. The minimum absolute atomic E-state index is 0.889.